The molecule has 4 saturated carbocycles. The predicted octanol–water partition coefficient (Wildman–Crippen LogP) is 1.19. The highest BCUT2D eigenvalue weighted by molar-refractivity contribution is 6.08. The average molecular weight is 391 g/mol. The van der Waals surface area contributed by atoms with Crippen molar-refractivity contribution < 1.29 is 23.9 Å². The zero-order valence-electron chi connectivity index (χ0n) is 16.6. The first-order valence-electron chi connectivity index (χ1n) is 10.2. The van der Waals surface area contributed by atoms with Crippen molar-refractivity contribution in [1.29, 1.82) is 0 Å². The van der Waals surface area contributed by atoms with Gasteiger partial charge in [-0.15, -0.1) is 0 Å². The predicted molar refractivity (Wildman–Crippen MR) is 98.9 cm³/mol. The summed E-state index contributed by atoms with van der Waals surface area (Å²) in [5, 5.41) is 5.44. The maximum Gasteiger partial charge on any atom is 0.326 e. The fourth-order valence-corrected chi connectivity index (χ4v) is 6.13. The van der Waals surface area contributed by atoms with Gasteiger partial charge in [-0.05, 0) is 75.5 Å². The Labute approximate surface area is 164 Å². The van der Waals surface area contributed by atoms with E-state index in [0.29, 0.717) is 6.54 Å². The fraction of sp³-hybridized carbons (Fsp3) is 0.800. The number of rotatable bonds is 6. The summed E-state index contributed by atoms with van der Waals surface area (Å²) in [5.41, 5.74) is -0.813. The molecule has 1 aliphatic heterocycles. The molecule has 0 atom stereocenters. The van der Waals surface area contributed by atoms with E-state index in [2.05, 4.69) is 10.6 Å². The summed E-state index contributed by atoms with van der Waals surface area (Å²) in [6.07, 6.45) is 7.64. The third-order valence-electron chi connectivity index (χ3n) is 6.92. The molecule has 8 heteroatoms. The van der Waals surface area contributed by atoms with E-state index in [9.17, 15) is 19.2 Å². The molecule has 0 radical (unpaired) electrons. The van der Waals surface area contributed by atoms with E-state index < -0.39 is 36.6 Å². The van der Waals surface area contributed by atoms with Crippen molar-refractivity contribution in [3.63, 3.8) is 0 Å². The third-order valence-corrected chi connectivity index (χ3v) is 6.92. The molecular weight excluding hydrogens is 362 g/mol. The molecule has 4 amide bonds. The highest BCUT2D eigenvalue weighted by Gasteiger charge is 2.50. The van der Waals surface area contributed by atoms with Crippen molar-refractivity contribution in [3.8, 4) is 0 Å². The Hall–Kier alpha value is -2.12. The average Bonchev–Trinajstić information content (AvgIpc) is 2.79. The number of nitrogens with zero attached hydrogens (tertiary/aromatic N) is 1. The number of ether oxygens (including phenoxy) is 1. The molecular formula is C20H29N3O5. The van der Waals surface area contributed by atoms with Gasteiger partial charge in [0.05, 0.1) is 0 Å². The van der Waals surface area contributed by atoms with Gasteiger partial charge in [0.15, 0.2) is 6.61 Å². The van der Waals surface area contributed by atoms with Crippen LogP contribution in [0.3, 0.4) is 0 Å². The van der Waals surface area contributed by atoms with Gasteiger partial charge in [-0.3, -0.25) is 19.3 Å². The van der Waals surface area contributed by atoms with E-state index in [4.69, 9.17) is 4.74 Å². The summed E-state index contributed by atoms with van der Waals surface area (Å²) in [7, 11) is 0. The maximum absolute atomic E-state index is 12.2. The highest BCUT2D eigenvalue weighted by atomic mass is 16.5. The number of esters is 1. The summed E-state index contributed by atoms with van der Waals surface area (Å²) in [6, 6.07) is -0.627. The van der Waals surface area contributed by atoms with Gasteiger partial charge >= 0.3 is 12.0 Å². The van der Waals surface area contributed by atoms with Gasteiger partial charge in [0.25, 0.3) is 11.8 Å². The van der Waals surface area contributed by atoms with Crippen LogP contribution < -0.4 is 10.6 Å². The Kier molecular flexibility index (Phi) is 4.62. The van der Waals surface area contributed by atoms with Gasteiger partial charge < -0.3 is 15.4 Å². The van der Waals surface area contributed by atoms with Crippen molar-refractivity contribution >= 4 is 23.8 Å². The van der Waals surface area contributed by atoms with Crippen molar-refractivity contribution in [2.75, 3.05) is 19.7 Å². The standard InChI is InChI=1S/C20H29N3O5/c1-19(2)17(26)23(18(27)22-19)9-16(25)28-10-15(24)21-11-20-6-12-3-13(7-20)5-14(4-12)8-20/h12-14H,3-11H2,1-2H3,(H,21,24)(H,22,27). The van der Waals surface area contributed by atoms with E-state index in [1.807, 2.05) is 0 Å². The van der Waals surface area contributed by atoms with Crippen LogP contribution in [0.2, 0.25) is 0 Å². The molecule has 8 nitrogen and oxygen atoms in total. The molecule has 0 spiro atoms. The lowest BCUT2D eigenvalue weighted by molar-refractivity contribution is -0.151. The summed E-state index contributed by atoms with van der Waals surface area (Å²) >= 11 is 0. The van der Waals surface area contributed by atoms with E-state index in [0.717, 1.165) is 22.7 Å². The number of nitrogens with one attached hydrogen (secondary N) is 2. The number of amides is 4. The van der Waals surface area contributed by atoms with Crippen LogP contribution in [0, 0.1) is 23.2 Å². The van der Waals surface area contributed by atoms with Gasteiger partial charge in [0.2, 0.25) is 0 Å². The van der Waals surface area contributed by atoms with E-state index in [1.165, 1.54) is 38.5 Å². The molecule has 4 aliphatic carbocycles. The van der Waals surface area contributed by atoms with Crippen molar-refractivity contribution in [2.24, 2.45) is 23.2 Å². The van der Waals surface area contributed by atoms with Crippen molar-refractivity contribution in [1.82, 2.24) is 15.5 Å². The minimum atomic E-state index is -1.04. The zero-order valence-corrected chi connectivity index (χ0v) is 16.6. The van der Waals surface area contributed by atoms with Crippen molar-refractivity contribution in [2.45, 2.75) is 57.9 Å². The minimum Gasteiger partial charge on any atom is -0.454 e. The van der Waals surface area contributed by atoms with Crippen LogP contribution in [0.4, 0.5) is 4.79 Å². The monoisotopic (exact) mass is 391 g/mol. The van der Waals surface area contributed by atoms with Crippen LogP contribution in [0.15, 0.2) is 0 Å². The molecule has 2 N–H and O–H groups in total. The summed E-state index contributed by atoms with van der Waals surface area (Å²) in [5.74, 6) is 0.853. The molecule has 28 heavy (non-hydrogen) atoms. The lowest BCUT2D eigenvalue weighted by Gasteiger charge is -2.56. The molecule has 0 unspecified atom stereocenters. The van der Waals surface area contributed by atoms with Gasteiger partial charge in [0, 0.05) is 6.54 Å². The Balaban J connectivity index is 1.21. The summed E-state index contributed by atoms with van der Waals surface area (Å²) in [4.78, 5) is 48.8. The van der Waals surface area contributed by atoms with Crippen LogP contribution in [0.1, 0.15) is 52.4 Å². The second-order valence-corrected chi connectivity index (χ2v) is 9.80. The number of hydrogen-bond donors (Lipinski definition) is 2. The number of carbonyl (C=O) groups is 4. The smallest absolute Gasteiger partial charge is 0.326 e. The first-order chi connectivity index (χ1) is 13.2. The lowest BCUT2D eigenvalue weighted by Crippen LogP contribution is -2.51. The second-order valence-electron chi connectivity index (χ2n) is 9.80. The SMILES string of the molecule is CC1(C)NC(=O)N(CC(=O)OCC(=O)NCC23CC4CC(CC(C4)C2)C3)C1=O. The van der Waals surface area contributed by atoms with Gasteiger partial charge in [-0.1, -0.05) is 0 Å². The molecule has 5 aliphatic rings. The number of carbonyl (C=O) groups excluding carboxylic acids is 4. The third kappa shape index (κ3) is 3.61. The molecule has 1 saturated heterocycles. The Morgan fingerprint density at radius 3 is 2.18 bits per heavy atom. The number of hydrogen-bond acceptors (Lipinski definition) is 5. The molecule has 0 aromatic carbocycles. The van der Waals surface area contributed by atoms with E-state index >= 15 is 0 Å². The fourth-order valence-electron chi connectivity index (χ4n) is 6.13. The second kappa shape index (κ2) is 6.74. The first-order valence-corrected chi connectivity index (χ1v) is 10.2. The van der Waals surface area contributed by atoms with Gasteiger partial charge in [-0.2, -0.15) is 0 Å². The number of urea groups is 1. The lowest BCUT2D eigenvalue weighted by atomic mass is 9.49. The Bertz CT molecular complexity index is 681. The van der Waals surface area contributed by atoms with Gasteiger partial charge in [-0.25, -0.2) is 4.79 Å². The van der Waals surface area contributed by atoms with E-state index in [-0.39, 0.29) is 11.3 Å². The highest BCUT2D eigenvalue weighted by Crippen LogP contribution is 2.59. The normalized spacial score (nSPS) is 35.1. The van der Waals surface area contributed by atoms with Crippen LogP contribution in [-0.4, -0.2) is 54.0 Å². The maximum atomic E-state index is 12.2. The quantitative estimate of drug-likeness (QED) is 0.523. The molecule has 0 aromatic heterocycles. The number of imide groups is 1. The Morgan fingerprint density at radius 1 is 1.11 bits per heavy atom. The van der Waals surface area contributed by atoms with Crippen LogP contribution in [0.25, 0.3) is 0 Å². The summed E-state index contributed by atoms with van der Waals surface area (Å²) in [6.45, 7) is 2.90. The molecule has 1 heterocycles. The molecule has 5 rings (SSSR count). The van der Waals surface area contributed by atoms with Crippen LogP contribution in [0.5, 0.6) is 0 Å². The van der Waals surface area contributed by atoms with E-state index in [1.54, 1.807) is 13.8 Å². The summed E-state index contributed by atoms with van der Waals surface area (Å²) < 4.78 is 4.98. The molecule has 0 aromatic rings. The first kappa shape index (κ1) is 19.2. The van der Waals surface area contributed by atoms with Crippen molar-refractivity contribution in [3.05, 3.63) is 0 Å². The molecule has 5 fully saturated rings. The largest absolute Gasteiger partial charge is 0.454 e. The van der Waals surface area contributed by atoms with Crippen LogP contribution >= 0.6 is 0 Å². The van der Waals surface area contributed by atoms with Crippen LogP contribution in [-0.2, 0) is 19.1 Å². The minimum absolute atomic E-state index is 0.222. The topological polar surface area (TPSA) is 105 Å². The molecule has 154 valence electrons. The zero-order chi connectivity index (χ0) is 20.1. The van der Waals surface area contributed by atoms with Gasteiger partial charge in [0.1, 0.15) is 12.1 Å². The molecule has 4 bridgehead atoms. The Morgan fingerprint density at radius 2 is 1.68 bits per heavy atom.